The Morgan fingerprint density at radius 1 is 1.23 bits per heavy atom. The van der Waals surface area contributed by atoms with Gasteiger partial charge in [0.05, 0.1) is 11.5 Å². The number of nitrogens with zero attached hydrogens (tertiary/aromatic N) is 1. The molecule has 1 N–H and O–H groups in total. The SMILES string of the molecule is Cc1c(Cl)cccc1N1C[C@@H](C(=O)OCC(=O)Nc2cccc(C(F)(F)F)c2)CC1=O. The Kier molecular flexibility index (Phi) is 6.54. The van der Waals surface area contributed by atoms with Crippen molar-refractivity contribution in [2.45, 2.75) is 19.5 Å². The van der Waals surface area contributed by atoms with E-state index in [-0.39, 0.29) is 24.6 Å². The van der Waals surface area contributed by atoms with Gasteiger partial charge in [0.1, 0.15) is 0 Å². The molecule has 0 aromatic heterocycles. The van der Waals surface area contributed by atoms with Crippen molar-refractivity contribution < 1.29 is 32.3 Å². The number of alkyl halides is 3. The fraction of sp³-hybridized carbons (Fsp3) is 0.286. The van der Waals surface area contributed by atoms with Crippen LogP contribution in [0.1, 0.15) is 17.5 Å². The Hall–Kier alpha value is -3.07. The Bertz CT molecular complexity index is 1030. The van der Waals surface area contributed by atoms with E-state index in [1.807, 2.05) is 0 Å². The van der Waals surface area contributed by atoms with Crippen LogP contribution < -0.4 is 10.2 Å². The first kappa shape index (κ1) is 22.6. The minimum atomic E-state index is -4.55. The molecule has 1 heterocycles. The lowest BCUT2D eigenvalue weighted by molar-refractivity contribution is -0.151. The molecule has 164 valence electrons. The summed E-state index contributed by atoms with van der Waals surface area (Å²) in [6.45, 7) is 1.15. The number of benzene rings is 2. The minimum Gasteiger partial charge on any atom is -0.455 e. The molecule has 1 saturated heterocycles. The Morgan fingerprint density at radius 3 is 2.65 bits per heavy atom. The molecule has 0 radical (unpaired) electrons. The normalized spacial score (nSPS) is 16.4. The van der Waals surface area contributed by atoms with Crippen molar-refractivity contribution in [3.8, 4) is 0 Å². The predicted octanol–water partition coefficient (Wildman–Crippen LogP) is 4.20. The number of esters is 1. The van der Waals surface area contributed by atoms with Crippen molar-refractivity contribution in [1.82, 2.24) is 0 Å². The van der Waals surface area contributed by atoms with Crippen LogP contribution >= 0.6 is 11.6 Å². The van der Waals surface area contributed by atoms with Gasteiger partial charge in [-0.25, -0.2) is 0 Å². The molecule has 0 spiro atoms. The molecule has 31 heavy (non-hydrogen) atoms. The Morgan fingerprint density at radius 2 is 1.94 bits per heavy atom. The van der Waals surface area contributed by atoms with Gasteiger partial charge >= 0.3 is 12.1 Å². The van der Waals surface area contributed by atoms with Crippen molar-refractivity contribution in [1.29, 1.82) is 0 Å². The minimum absolute atomic E-state index is 0.0745. The smallest absolute Gasteiger partial charge is 0.416 e. The number of carbonyl (C=O) groups excluding carboxylic acids is 3. The topological polar surface area (TPSA) is 75.7 Å². The van der Waals surface area contributed by atoms with Gasteiger partial charge in [0.25, 0.3) is 5.91 Å². The van der Waals surface area contributed by atoms with Gasteiger partial charge in [-0.05, 0) is 42.8 Å². The quantitative estimate of drug-likeness (QED) is 0.687. The van der Waals surface area contributed by atoms with Gasteiger partial charge < -0.3 is 15.0 Å². The molecule has 1 atom stereocenters. The Balaban J connectivity index is 1.56. The zero-order chi connectivity index (χ0) is 22.8. The molecule has 0 bridgehead atoms. The highest BCUT2D eigenvalue weighted by Crippen LogP contribution is 2.32. The molecule has 2 aromatic carbocycles. The summed E-state index contributed by atoms with van der Waals surface area (Å²) in [4.78, 5) is 38.1. The summed E-state index contributed by atoms with van der Waals surface area (Å²) < 4.78 is 43.2. The number of rotatable bonds is 5. The average Bonchev–Trinajstić information content (AvgIpc) is 3.09. The van der Waals surface area contributed by atoms with Gasteiger partial charge in [0, 0.05) is 29.4 Å². The highest BCUT2D eigenvalue weighted by atomic mass is 35.5. The number of amides is 2. The molecular formula is C21H18ClF3N2O4. The second-order valence-electron chi connectivity index (χ2n) is 7.02. The van der Waals surface area contributed by atoms with Crippen molar-refractivity contribution in [3.05, 3.63) is 58.6 Å². The molecular weight excluding hydrogens is 437 g/mol. The third-order valence-corrected chi connectivity index (χ3v) is 5.22. The van der Waals surface area contributed by atoms with Crippen LogP contribution in [-0.4, -0.2) is 30.9 Å². The van der Waals surface area contributed by atoms with E-state index in [0.717, 1.165) is 18.2 Å². The monoisotopic (exact) mass is 454 g/mol. The van der Waals surface area contributed by atoms with E-state index >= 15 is 0 Å². The molecule has 1 fully saturated rings. The summed E-state index contributed by atoms with van der Waals surface area (Å²) >= 11 is 6.09. The van der Waals surface area contributed by atoms with E-state index in [0.29, 0.717) is 16.3 Å². The summed E-state index contributed by atoms with van der Waals surface area (Å²) in [5.41, 5.74) is 0.305. The number of ether oxygens (including phenoxy) is 1. The molecule has 0 saturated carbocycles. The van der Waals surface area contributed by atoms with Crippen LogP contribution in [0.2, 0.25) is 5.02 Å². The largest absolute Gasteiger partial charge is 0.455 e. The molecule has 6 nitrogen and oxygen atoms in total. The van der Waals surface area contributed by atoms with Gasteiger partial charge in [-0.3, -0.25) is 14.4 Å². The fourth-order valence-corrected chi connectivity index (χ4v) is 3.38. The Labute approximate surface area is 180 Å². The number of hydrogen-bond acceptors (Lipinski definition) is 4. The molecule has 1 aliphatic heterocycles. The first-order valence-electron chi connectivity index (χ1n) is 9.25. The fourth-order valence-electron chi connectivity index (χ4n) is 3.21. The summed E-state index contributed by atoms with van der Waals surface area (Å²) in [5, 5.41) is 2.74. The number of hydrogen-bond donors (Lipinski definition) is 1. The zero-order valence-corrected chi connectivity index (χ0v) is 17.1. The maximum Gasteiger partial charge on any atom is 0.416 e. The average molecular weight is 455 g/mol. The summed E-state index contributed by atoms with van der Waals surface area (Å²) in [6, 6.07) is 9.20. The lowest BCUT2D eigenvalue weighted by Gasteiger charge is -2.19. The van der Waals surface area contributed by atoms with Crippen LogP contribution in [0, 0.1) is 12.8 Å². The standard InChI is InChI=1S/C21H18ClF3N2O4/c1-12-16(22)6-3-7-17(12)27-10-13(8-19(27)29)20(30)31-11-18(28)26-15-5-2-4-14(9-15)21(23,24)25/h2-7,9,13H,8,10-11H2,1H3,(H,26,28)/t13-/m0/s1. The van der Waals surface area contributed by atoms with Crippen molar-refractivity contribution >= 4 is 40.8 Å². The van der Waals surface area contributed by atoms with Gasteiger partial charge in [-0.2, -0.15) is 13.2 Å². The van der Waals surface area contributed by atoms with Gasteiger partial charge in [-0.15, -0.1) is 0 Å². The molecule has 10 heteroatoms. The summed E-state index contributed by atoms with van der Waals surface area (Å²) in [6.07, 6.45) is -4.63. The maximum absolute atomic E-state index is 12.7. The third kappa shape index (κ3) is 5.35. The van der Waals surface area contributed by atoms with Crippen LogP contribution in [-0.2, 0) is 25.3 Å². The number of nitrogens with one attached hydrogen (secondary N) is 1. The maximum atomic E-state index is 12.7. The first-order chi connectivity index (χ1) is 14.6. The van der Waals surface area contributed by atoms with Gasteiger partial charge in [-0.1, -0.05) is 23.7 Å². The summed E-state index contributed by atoms with van der Waals surface area (Å²) in [7, 11) is 0. The zero-order valence-electron chi connectivity index (χ0n) is 16.3. The van der Waals surface area contributed by atoms with E-state index in [1.165, 1.54) is 11.0 Å². The van der Waals surface area contributed by atoms with Crippen LogP contribution in [0.4, 0.5) is 24.5 Å². The predicted molar refractivity (Wildman–Crippen MR) is 108 cm³/mol. The second kappa shape index (κ2) is 8.97. The lowest BCUT2D eigenvalue weighted by atomic mass is 10.1. The van der Waals surface area contributed by atoms with Crippen molar-refractivity contribution in [2.24, 2.45) is 5.92 Å². The molecule has 2 amide bonds. The first-order valence-corrected chi connectivity index (χ1v) is 9.63. The molecule has 0 unspecified atom stereocenters. The summed E-state index contributed by atoms with van der Waals surface area (Å²) in [5.74, 6) is -2.58. The van der Waals surface area contributed by atoms with E-state index in [9.17, 15) is 27.6 Å². The molecule has 0 aliphatic carbocycles. The van der Waals surface area contributed by atoms with Crippen LogP contribution in [0.5, 0.6) is 0 Å². The van der Waals surface area contributed by atoms with Crippen molar-refractivity contribution in [2.75, 3.05) is 23.4 Å². The highest BCUT2D eigenvalue weighted by molar-refractivity contribution is 6.31. The van der Waals surface area contributed by atoms with Crippen LogP contribution in [0.15, 0.2) is 42.5 Å². The van der Waals surface area contributed by atoms with Crippen molar-refractivity contribution in [3.63, 3.8) is 0 Å². The lowest BCUT2D eigenvalue weighted by Crippen LogP contribution is -2.28. The van der Waals surface area contributed by atoms with Gasteiger partial charge in [0.15, 0.2) is 6.61 Å². The third-order valence-electron chi connectivity index (χ3n) is 4.81. The number of carbonyl (C=O) groups is 3. The number of anilines is 2. The molecule has 1 aliphatic rings. The van der Waals surface area contributed by atoms with Crippen LogP contribution in [0.25, 0.3) is 0 Å². The van der Waals surface area contributed by atoms with E-state index in [4.69, 9.17) is 16.3 Å². The highest BCUT2D eigenvalue weighted by Gasteiger charge is 2.37. The van der Waals surface area contributed by atoms with E-state index in [1.54, 1.807) is 25.1 Å². The second-order valence-corrected chi connectivity index (χ2v) is 7.43. The number of halogens is 4. The van der Waals surface area contributed by atoms with E-state index < -0.39 is 36.1 Å². The molecule has 3 rings (SSSR count). The van der Waals surface area contributed by atoms with E-state index in [2.05, 4.69) is 5.32 Å². The van der Waals surface area contributed by atoms with Gasteiger partial charge in [0.2, 0.25) is 5.91 Å². The molecule has 2 aromatic rings. The van der Waals surface area contributed by atoms with Crippen LogP contribution in [0.3, 0.4) is 0 Å².